The normalized spacial score (nSPS) is 57.6. The van der Waals surface area contributed by atoms with E-state index in [9.17, 15) is 0 Å². The van der Waals surface area contributed by atoms with Crippen LogP contribution >= 0.6 is 0 Å². The number of hydrogen-bond acceptors (Lipinski definition) is 2. The number of ether oxygens (including phenoxy) is 1. The first-order valence-electron chi connectivity index (χ1n) is 6.69. The first-order chi connectivity index (χ1) is 7.37. The Kier molecular flexibility index (Phi) is 1.79. The third-order valence-corrected chi connectivity index (χ3v) is 5.64. The predicted molar refractivity (Wildman–Crippen MR) is 58.6 cm³/mol. The van der Waals surface area contributed by atoms with Crippen LogP contribution in [0.25, 0.3) is 0 Å². The average Bonchev–Trinajstić information content (AvgIpc) is 2.26. The topological polar surface area (TPSA) is 21.3 Å². The van der Waals surface area contributed by atoms with Gasteiger partial charge < -0.3 is 10.1 Å². The van der Waals surface area contributed by atoms with Crippen molar-refractivity contribution in [2.75, 3.05) is 19.8 Å². The Morgan fingerprint density at radius 2 is 1.60 bits per heavy atom. The van der Waals surface area contributed by atoms with Crippen LogP contribution in [0.5, 0.6) is 0 Å². The van der Waals surface area contributed by atoms with Crippen LogP contribution in [0, 0.1) is 23.7 Å². The van der Waals surface area contributed by atoms with Gasteiger partial charge in [-0.25, -0.2) is 0 Å². The Labute approximate surface area is 91.8 Å². The lowest BCUT2D eigenvalue weighted by molar-refractivity contribution is -0.126. The van der Waals surface area contributed by atoms with Crippen LogP contribution in [0.1, 0.15) is 32.1 Å². The second kappa shape index (κ2) is 2.98. The van der Waals surface area contributed by atoms with Crippen molar-refractivity contribution in [3.05, 3.63) is 0 Å². The van der Waals surface area contributed by atoms with Crippen LogP contribution in [0.3, 0.4) is 0 Å². The lowest BCUT2D eigenvalue weighted by Crippen LogP contribution is -2.69. The summed E-state index contributed by atoms with van der Waals surface area (Å²) in [5.41, 5.74) is 0.408. The molecule has 0 unspecified atom stereocenters. The monoisotopic (exact) mass is 207 g/mol. The lowest BCUT2D eigenvalue weighted by atomic mass is 9.48. The lowest BCUT2D eigenvalue weighted by Gasteiger charge is -2.62. The highest BCUT2D eigenvalue weighted by Gasteiger charge is 2.57. The summed E-state index contributed by atoms with van der Waals surface area (Å²) in [4.78, 5) is 0. The molecule has 2 heteroatoms. The van der Waals surface area contributed by atoms with E-state index in [-0.39, 0.29) is 0 Å². The van der Waals surface area contributed by atoms with Gasteiger partial charge in [-0.3, -0.25) is 0 Å². The maximum atomic E-state index is 5.79. The van der Waals surface area contributed by atoms with Gasteiger partial charge in [0.15, 0.2) is 0 Å². The minimum absolute atomic E-state index is 0.408. The molecular formula is C13H21NO. The summed E-state index contributed by atoms with van der Waals surface area (Å²) < 4.78 is 5.79. The van der Waals surface area contributed by atoms with Gasteiger partial charge in [-0.2, -0.15) is 0 Å². The SMILES string of the molecule is C1COCC2(N1)[C@H]1C[C@H]3C[C@H](C1)C[C@H]2C3. The van der Waals surface area contributed by atoms with Gasteiger partial charge in [0.1, 0.15) is 0 Å². The van der Waals surface area contributed by atoms with E-state index in [0.717, 1.165) is 43.4 Å². The van der Waals surface area contributed by atoms with Crippen LogP contribution in [-0.2, 0) is 4.74 Å². The first-order valence-corrected chi connectivity index (χ1v) is 6.69. The van der Waals surface area contributed by atoms with E-state index in [4.69, 9.17) is 4.74 Å². The highest BCUT2D eigenvalue weighted by molar-refractivity contribution is 5.11. The van der Waals surface area contributed by atoms with Crippen LogP contribution < -0.4 is 5.32 Å². The van der Waals surface area contributed by atoms with E-state index in [0.29, 0.717) is 5.54 Å². The Hall–Kier alpha value is -0.0800. The molecule has 5 aliphatic rings. The van der Waals surface area contributed by atoms with Crippen LogP contribution in [0.2, 0.25) is 0 Å². The maximum absolute atomic E-state index is 5.79. The van der Waals surface area contributed by atoms with Gasteiger partial charge in [-0.1, -0.05) is 0 Å². The summed E-state index contributed by atoms with van der Waals surface area (Å²) in [5.74, 6) is 4.02. The summed E-state index contributed by atoms with van der Waals surface area (Å²) in [6.45, 7) is 3.01. The van der Waals surface area contributed by atoms with Crippen molar-refractivity contribution in [1.29, 1.82) is 0 Å². The zero-order valence-corrected chi connectivity index (χ0v) is 9.37. The fraction of sp³-hybridized carbons (Fsp3) is 1.00. The van der Waals surface area contributed by atoms with E-state index in [1.807, 2.05) is 0 Å². The van der Waals surface area contributed by atoms with E-state index in [1.54, 1.807) is 6.42 Å². The van der Waals surface area contributed by atoms with Gasteiger partial charge in [-0.05, 0) is 55.8 Å². The van der Waals surface area contributed by atoms with Crippen molar-refractivity contribution >= 4 is 0 Å². The predicted octanol–water partition coefficient (Wildman–Crippen LogP) is 1.80. The summed E-state index contributed by atoms with van der Waals surface area (Å²) in [5, 5.41) is 3.85. The number of hydrogen-bond donors (Lipinski definition) is 1. The molecule has 1 heterocycles. The van der Waals surface area contributed by atoms with Gasteiger partial charge in [0.25, 0.3) is 0 Å². The molecule has 4 bridgehead atoms. The fourth-order valence-corrected chi connectivity index (χ4v) is 5.20. The standard InChI is InChI=1S/C13H21NO/c1-2-15-8-13(14-1)11-4-9-3-10(6-11)7-12(13)5-9/h9-12,14H,1-8H2/t9-,10-,11-,12+,13?. The second-order valence-corrected chi connectivity index (χ2v) is 6.32. The van der Waals surface area contributed by atoms with Gasteiger partial charge in [0.2, 0.25) is 0 Å². The number of rotatable bonds is 0. The molecule has 0 amide bonds. The molecule has 84 valence electrons. The van der Waals surface area contributed by atoms with Gasteiger partial charge in [0, 0.05) is 12.1 Å². The minimum atomic E-state index is 0.408. The molecule has 0 aromatic heterocycles. The van der Waals surface area contributed by atoms with E-state index in [2.05, 4.69) is 5.32 Å². The van der Waals surface area contributed by atoms with Crippen molar-refractivity contribution in [3.63, 3.8) is 0 Å². The summed E-state index contributed by atoms with van der Waals surface area (Å²) in [6, 6.07) is 0. The highest BCUT2D eigenvalue weighted by atomic mass is 16.5. The molecule has 0 aromatic carbocycles. The second-order valence-electron chi connectivity index (χ2n) is 6.32. The Morgan fingerprint density at radius 1 is 0.933 bits per heavy atom. The van der Waals surface area contributed by atoms with Crippen molar-refractivity contribution in [3.8, 4) is 0 Å². The van der Waals surface area contributed by atoms with Crippen molar-refractivity contribution < 1.29 is 4.74 Å². The van der Waals surface area contributed by atoms with Crippen molar-refractivity contribution in [1.82, 2.24) is 5.32 Å². The molecule has 2 nitrogen and oxygen atoms in total. The molecule has 4 saturated carbocycles. The third-order valence-electron chi connectivity index (χ3n) is 5.64. The van der Waals surface area contributed by atoms with Gasteiger partial charge in [0.05, 0.1) is 13.2 Å². The van der Waals surface area contributed by atoms with Gasteiger partial charge >= 0.3 is 0 Å². The van der Waals surface area contributed by atoms with Crippen LogP contribution in [0.15, 0.2) is 0 Å². The quantitative estimate of drug-likeness (QED) is 0.654. The Bertz CT molecular complexity index is 240. The average molecular weight is 207 g/mol. The fourth-order valence-electron chi connectivity index (χ4n) is 5.20. The zero-order valence-electron chi connectivity index (χ0n) is 9.37. The number of morpholine rings is 1. The molecule has 1 aliphatic heterocycles. The number of nitrogens with one attached hydrogen (secondary N) is 1. The maximum Gasteiger partial charge on any atom is 0.0654 e. The van der Waals surface area contributed by atoms with Crippen LogP contribution in [-0.4, -0.2) is 25.3 Å². The Balaban J connectivity index is 1.69. The van der Waals surface area contributed by atoms with Crippen molar-refractivity contribution in [2.45, 2.75) is 37.6 Å². The summed E-state index contributed by atoms with van der Waals surface area (Å²) >= 11 is 0. The molecule has 5 rings (SSSR count). The molecule has 1 spiro atoms. The molecule has 1 saturated heterocycles. The summed E-state index contributed by atoms with van der Waals surface area (Å²) in [6.07, 6.45) is 7.50. The molecule has 4 aliphatic carbocycles. The smallest absolute Gasteiger partial charge is 0.0654 e. The molecule has 5 fully saturated rings. The first kappa shape index (κ1) is 9.00. The molecule has 0 aromatic rings. The minimum Gasteiger partial charge on any atom is -0.378 e. The van der Waals surface area contributed by atoms with Crippen LogP contribution in [0.4, 0.5) is 0 Å². The third kappa shape index (κ3) is 1.13. The van der Waals surface area contributed by atoms with Gasteiger partial charge in [-0.15, -0.1) is 0 Å². The van der Waals surface area contributed by atoms with E-state index in [1.165, 1.54) is 25.7 Å². The largest absolute Gasteiger partial charge is 0.378 e. The molecule has 0 atom stereocenters. The Morgan fingerprint density at radius 3 is 2.13 bits per heavy atom. The molecule has 0 radical (unpaired) electrons. The zero-order chi connectivity index (χ0) is 9.88. The summed E-state index contributed by atoms with van der Waals surface area (Å²) in [7, 11) is 0. The molecular weight excluding hydrogens is 186 g/mol. The van der Waals surface area contributed by atoms with E-state index >= 15 is 0 Å². The molecule has 15 heavy (non-hydrogen) atoms. The van der Waals surface area contributed by atoms with Crippen molar-refractivity contribution in [2.24, 2.45) is 23.7 Å². The highest BCUT2D eigenvalue weighted by Crippen LogP contribution is 2.58. The van der Waals surface area contributed by atoms with E-state index < -0.39 is 0 Å². The molecule has 1 N–H and O–H groups in total.